The van der Waals surface area contributed by atoms with E-state index in [-0.39, 0.29) is 17.9 Å². The highest BCUT2D eigenvalue weighted by Gasteiger charge is 2.31. The van der Waals surface area contributed by atoms with E-state index in [9.17, 15) is 9.59 Å². The average Bonchev–Trinajstić information content (AvgIpc) is 2.52. The Kier molecular flexibility index (Phi) is 6.27. The molecular weight excluding hydrogens is 342 g/mol. The van der Waals surface area contributed by atoms with Crippen molar-refractivity contribution in [3.63, 3.8) is 0 Å². The highest BCUT2D eigenvalue weighted by atomic mass is 35.5. The van der Waals surface area contributed by atoms with Crippen molar-refractivity contribution in [2.45, 2.75) is 58.1 Å². The molecule has 1 N–H and O–H groups in total. The number of anilines is 1. The number of nitrogens with zero attached hydrogens (tertiary/aromatic N) is 2. The topological polar surface area (TPSA) is 71.5 Å². The third-order valence-electron chi connectivity index (χ3n) is 4.13. The van der Waals surface area contributed by atoms with Gasteiger partial charge < -0.3 is 10.1 Å². The number of ether oxygens (including phenoxy) is 1. The van der Waals surface area contributed by atoms with Gasteiger partial charge in [0, 0.05) is 25.2 Å². The molecule has 0 aliphatic heterocycles. The Hall–Kier alpha value is -1.82. The van der Waals surface area contributed by atoms with Gasteiger partial charge in [-0.25, -0.2) is 9.78 Å². The summed E-state index contributed by atoms with van der Waals surface area (Å²) in [5.41, 5.74) is -0.533. The summed E-state index contributed by atoms with van der Waals surface area (Å²) in [6.45, 7) is 5.48. The minimum absolute atomic E-state index is 0.00510. The van der Waals surface area contributed by atoms with Gasteiger partial charge in [-0.15, -0.1) is 0 Å². The molecule has 1 aliphatic carbocycles. The maximum Gasteiger partial charge on any atom is 0.407 e. The maximum atomic E-state index is 12.8. The Labute approximate surface area is 153 Å². The molecule has 25 heavy (non-hydrogen) atoms. The normalized spacial score (nSPS) is 20.7. The monoisotopic (exact) mass is 367 g/mol. The number of carbonyl (C=O) groups excluding carboxylic acids is 2. The molecule has 2 rings (SSSR count). The van der Waals surface area contributed by atoms with Crippen LogP contribution in [0.5, 0.6) is 0 Å². The first-order valence-electron chi connectivity index (χ1n) is 8.54. The summed E-state index contributed by atoms with van der Waals surface area (Å²) in [7, 11) is 1.71. The van der Waals surface area contributed by atoms with Gasteiger partial charge in [0.15, 0.2) is 0 Å². The van der Waals surface area contributed by atoms with E-state index in [1.54, 1.807) is 24.1 Å². The highest BCUT2D eigenvalue weighted by molar-refractivity contribution is 6.30. The summed E-state index contributed by atoms with van der Waals surface area (Å²) < 4.78 is 5.30. The molecule has 6 nitrogen and oxygen atoms in total. The lowest BCUT2D eigenvalue weighted by molar-refractivity contribution is -0.123. The average molecular weight is 368 g/mol. The van der Waals surface area contributed by atoms with Gasteiger partial charge in [-0.1, -0.05) is 18.0 Å². The van der Waals surface area contributed by atoms with Gasteiger partial charge in [0.05, 0.1) is 5.02 Å². The summed E-state index contributed by atoms with van der Waals surface area (Å²) in [5, 5.41) is 3.41. The van der Waals surface area contributed by atoms with Gasteiger partial charge in [0.1, 0.15) is 11.4 Å². The molecule has 0 saturated heterocycles. The number of carbonyl (C=O) groups is 2. The Morgan fingerprint density at radius 1 is 1.32 bits per heavy atom. The van der Waals surface area contributed by atoms with E-state index in [1.807, 2.05) is 20.8 Å². The zero-order chi connectivity index (χ0) is 18.6. The predicted molar refractivity (Wildman–Crippen MR) is 97.8 cm³/mol. The van der Waals surface area contributed by atoms with Crippen LogP contribution in [0.25, 0.3) is 0 Å². The van der Waals surface area contributed by atoms with Crippen molar-refractivity contribution in [1.29, 1.82) is 0 Å². The Morgan fingerprint density at radius 2 is 2.04 bits per heavy atom. The molecule has 0 aromatic carbocycles. The number of aromatic nitrogens is 1. The third kappa shape index (κ3) is 5.88. The molecular formula is C18H26ClN3O3. The molecule has 0 spiro atoms. The van der Waals surface area contributed by atoms with Crippen LogP contribution in [-0.2, 0) is 9.53 Å². The standard InChI is InChI=1S/C18H26ClN3O3/c1-18(2,3)25-17(24)21-14-7-5-6-12(10-14)16(23)22(4)15-9-8-13(19)11-20-15/h8-9,11-12,14H,5-7,10H2,1-4H3,(H,21,24)/t12-,14+/m0/s1. The van der Waals surface area contributed by atoms with Crippen molar-refractivity contribution < 1.29 is 14.3 Å². The lowest BCUT2D eigenvalue weighted by Gasteiger charge is -2.31. The zero-order valence-corrected chi connectivity index (χ0v) is 16.0. The molecule has 0 bridgehead atoms. The van der Waals surface area contributed by atoms with Gasteiger partial charge in [-0.2, -0.15) is 0 Å². The van der Waals surface area contributed by atoms with Crippen molar-refractivity contribution in [2.24, 2.45) is 5.92 Å². The number of halogens is 1. The second-order valence-electron chi connectivity index (χ2n) is 7.44. The zero-order valence-electron chi connectivity index (χ0n) is 15.2. The number of hydrogen-bond acceptors (Lipinski definition) is 4. The minimum atomic E-state index is -0.533. The molecule has 1 fully saturated rings. The number of hydrogen-bond donors (Lipinski definition) is 1. The van der Waals surface area contributed by atoms with Crippen molar-refractivity contribution >= 4 is 29.4 Å². The Balaban J connectivity index is 1.94. The van der Waals surface area contributed by atoms with Crippen molar-refractivity contribution in [1.82, 2.24) is 10.3 Å². The van der Waals surface area contributed by atoms with Gasteiger partial charge >= 0.3 is 6.09 Å². The molecule has 1 aromatic heterocycles. The number of rotatable bonds is 3. The first-order chi connectivity index (χ1) is 11.7. The first kappa shape index (κ1) is 19.5. The van der Waals surface area contributed by atoms with E-state index >= 15 is 0 Å². The van der Waals surface area contributed by atoms with Crippen LogP contribution in [0.4, 0.5) is 10.6 Å². The van der Waals surface area contributed by atoms with Crippen LogP contribution in [0.15, 0.2) is 18.3 Å². The van der Waals surface area contributed by atoms with E-state index in [1.165, 1.54) is 6.20 Å². The summed E-state index contributed by atoms with van der Waals surface area (Å²) in [4.78, 5) is 30.4. The predicted octanol–water partition coefficient (Wildman–Crippen LogP) is 3.78. The van der Waals surface area contributed by atoms with E-state index in [4.69, 9.17) is 16.3 Å². The second-order valence-corrected chi connectivity index (χ2v) is 7.87. The van der Waals surface area contributed by atoms with Gasteiger partial charge in [-0.3, -0.25) is 9.69 Å². The fourth-order valence-electron chi connectivity index (χ4n) is 2.97. The van der Waals surface area contributed by atoms with Crippen LogP contribution in [0.1, 0.15) is 46.5 Å². The lowest BCUT2D eigenvalue weighted by Crippen LogP contribution is -2.44. The smallest absolute Gasteiger partial charge is 0.407 e. The largest absolute Gasteiger partial charge is 0.444 e. The molecule has 1 saturated carbocycles. The Bertz CT molecular complexity index is 613. The first-order valence-corrected chi connectivity index (χ1v) is 8.92. The summed E-state index contributed by atoms with van der Waals surface area (Å²) in [6.07, 6.45) is 4.25. The summed E-state index contributed by atoms with van der Waals surface area (Å²) in [6, 6.07) is 3.38. The Morgan fingerprint density at radius 3 is 2.64 bits per heavy atom. The number of amides is 2. The molecule has 1 heterocycles. The molecule has 0 unspecified atom stereocenters. The quantitative estimate of drug-likeness (QED) is 0.882. The van der Waals surface area contributed by atoms with Crippen molar-refractivity contribution in [3.05, 3.63) is 23.4 Å². The molecule has 1 aliphatic rings. The van der Waals surface area contributed by atoms with E-state index in [0.29, 0.717) is 17.3 Å². The van der Waals surface area contributed by atoms with Gasteiger partial charge in [0.2, 0.25) is 5.91 Å². The highest BCUT2D eigenvalue weighted by Crippen LogP contribution is 2.27. The SMILES string of the molecule is CN(C(=O)[C@H]1CCC[C@@H](NC(=O)OC(C)(C)C)C1)c1ccc(Cl)cn1. The van der Waals surface area contributed by atoms with Crippen molar-refractivity contribution in [2.75, 3.05) is 11.9 Å². The fourth-order valence-corrected chi connectivity index (χ4v) is 3.08. The van der Waals surface area contributed by atoms with Crippen LogP contribution < -0.4 is 10.2 Å². The van der Waals surface area contributed by atoms with Crippen LogP contribution in [0, 0.1) is 5.92 Å². The maximum absolute atomic E-state index is 12.8. The van der Waals surface area contributed by atoms with Gasteiger partial charge in [-0.05, 0) is 52.2 Å². The molecule has 1 aromatic rings. The molecule has 2 atom stereocenters. The molecule has 2 amide bonds. The van der Waals surface area contributed by atoms with Crippen LogP contribution in [0.2, 0.25) is 5.02 Å². The van der Waals surface area contributed by atoms with Crippen molar-refractivity contribution in [3.8, 4) is 0 Å². The minimum Gasteiger partial charge on any atom is -0.444 e. The van der Waals surface area contributed by atoms with E-state index < -0.39 is 11.7 Å². The molecule has 0 radical (unpaired) electrons. The van der Waals surface area contributed by atoms with Crippen LogP contribution in [0.3, 0.4) is 0 Å². The fraction of sp³-hybridized carbons (Fsp3) is 0.611. The molecule has 138 valence electrons. The van der Waals surface area contributed by atoms with E-state index in [2.05, 4.69) is 10.3 Å². The van der Waals surface area contributed by atoms with E-state index in [0.717, 1.165) is 19.3 Å². The van der Waals surface area contributed by atoms with Crippen LogP contribution >= 0.6 is 11.6 Å². The summed E-state index contributed by atoms with van der Waals surface area (Å²) in [5.74, 6) is 0.429. The second kappa shape index (κ2) is 8.04. The van der Waals surface area contributed by atoms with Crippen LogP contribution in [-0.4, -0.2) is 35.7 Å². The number of nitrogens with one attached hydrogen (secondary N) is 1. The third-order valence-corrected chi connectivity index (χ3v) is 4.35. The number of pyridine rings is 1. The summed E-state index contributed by atoms with van der Waals surface area (Å²) >= 11 is 5.84. The molecule has 7 heteroatoms. The lowest BCUT2D eigenvalue weighted by atomic mass is 9.85. The number of alkyl carbamates (subject to hydrolysis) is 1. The van der Waals surface area contributed by atoms with Gasteiger partial charge in [0.25, 0.3) is 0 Å².